The summed E-state index contributed by atoms with van der Waals surface area (Å²) < 4.78 is 1.61. The second-order valence-corrected chi connectivity index (χ2v) is 4.34. The molecule has 0 aliphatic carbocycles. The Morgan fingerprint density at radius 1 is 1.59 bits per heavy atom. The lowest BCUT2D eigenvalue weighted by Gasteiger charge is -2.12. The number of nitrogens with zero attached hydrogens (tertiary/aromatic N) is 2. The third-order valence-corrected chi connectivity index (χ3v) is 2.55. The molecule has 0 bridgehead atoms. The van der Waals surface area contributed by atoms with Gasteiger partial charge in [0.25, 0.3) is 0 Å². The summed E-state index contributed by atoms with van der Waals surface area (Å²) in [6.07, 6.45) is 4.35. The summed E-state index contributed by atoms with van der Waals surface area (Å²) in [5.41, 5.74) is 1.01. The van der Waals surface area contributed by atoms with Crippen molar-refractivity contribution in [3.05, 3.63) is 18.0 Å². The van der Waals surface area contributed by atoms with Gasteiger partial charge in [-0.05, 0) is 37.4 Å². The Bertz CT molecular complexity index is 403. The van der Waals surface area contributed by atoms with Crippen LogP contribution in [0.2, 0.25) is 0 Å². The van der Waals surface area contributed by atoms with Crippen molar-refractivity contribution in [3.8, 4) is 0 Å². The molecule has 1 amide bonds. The molecular weight excluding hydrogens is 242 g/mol. The molecule has 1 atom stereocenters. The lowest BCUT2D eigenvalue weighted by atomic mass is 10.3. The van der Waals surface area contributed by atoms with Gasteiger partial charge in [-0.3, -0.25) is 14.3 Å². The first-order valence-corrected chi connectivity index (χ1v) is 5.85. The van der Waals surface area contributed by atoms with E-state index in [-0.39, 0.29) is 23.6 Å². The zero-order valence-electron chi connectivity index (χ0n) is 9.94. The van der Waals surface area contributed by atoms with E-state index in [9.17, 15) is 9.59 Å². The molecule has 0 spiro atoms. The molecule has 1 aromatic heterocycles. The van der Waals surface area contributed by atoms with E-state index in [1.165, 1.54) is 0 Å². The minimum atomic E-state index is -0.380. The molecule has 6 heteroatoms. The third-order valence-electron chi connectivity index (χ3n) is 2.36. The quantitative estimate of drug-likeness (QED) is 0.619. The van der Waals surface area contributed by atoms with Crippen LogP contribution < -0.4 is 5.32 Å². The van der Waals surface area contributed by atoms with Crippen LogP contribution in [0.4, 0.5) is 0 Å². The van der Waals surface area contributed by atoms with Crippen LogP contribution in [-0.4, -0.2) is 27.5 Å². The Balaban J connectivity index is 2.35. The first kappa shape index (κ1) is 13.7. The molecule has 0 aromatic carbocycles. The molecule has 5 nitrogen and oxygen atoms in total. The number of nitrogens with one attached hydrogen (secondary N) is 1. The number of amides is 1. The third kappa shape index (κ3) is 4.56. The lowest BCUT2D eigenvalue weighted by molar-refractivity contribution is -0.124. The average molecular weight is 258 g/mol. The highest BCUT2D eigenvalue weighted by molar-refractivity contribution is 6.63. The number of rotatable bonds is 6. The van der Waals surface area contributed by atoms with E-state index in [2.05, 4.69) is 10.4 Å². The molecule has 1 rings (SSSR count). The van der Waals surface area contributed by atoms with Gasteiger partial charge < -0.3 is 5.32 Å². The topological polar surface area (TPSA) is 64.0 Å². The van der Waals surface area contributed by atoms with Gasteiger partial charge in [-0.25, -0.2) is 0 Å². The van der Waals surface area contributed by atoms with Crippen molar-refractivity contribution in [1.29, 1.82) is 0 Å². The number of hydrogen-bond donors (Lipinski definition) is 1. The SMILES string of the molecule is Cc1cnn(C(C)C(=O)NCCCC(=O)Cl)c1. The molecular formula is C11H16ClN3O2. The van der Waals surface area contributed by atoms with E-state index in [1.807, 2.05) is 13.1 Å². The molecule has 0 saturated heterocycles. The molecule has 1 heterocycles. The highest BCUT2D eigenvalue weighted by Crippen LogP contribution is 2.05. The number of carbonyl (C=O) groups is 2. The standard InChI is InChI=1S/C11H16ClN3O2/c1-8-6-14-15(7-8)9(2)11(17)13-5-3-4-10(12)16/h6-7,9H,3-5H2,1-2H3,(H,13,17). The summed E-state index contributed by atoms with van der Waals surface area (Å²) in [5.74, 6) is -0.116. The van der Waals surface area contributed by atoms with Crippen molar-refractivity contribution < 1.29 is 9.59 Å². The minimum Gasteiger partial charge on any atom is -0.354 e. The number of aryl methyl sites for hydroxylation is 1. The van der Waals surface area contributed by atoms with Crippen LogP contribution in [0.1, 0.15) is 31.4 Å². The van der Waals surface area contributed by atoms with Crippen LogP contribution in [-0.2, 0) is 9.59 Å². The van der Waals surface area contributed by atoms with Gasteiger partial charge in [0.05, 0.1) is 6.20 Å². The van der Waals surface area contributed by atoms with Crippen molar-refractivity contribution in [2.75, 3.05) is 6.54 Å². The molecule has 0 aliphatic heterocycles. The normalized spacial score (nSPS) is 12.2. The van der Waals surface area contributed by atoms with Gasteiger partial charge >= 0.3 is 0 Å². The predicted molar refractivity (Wildman–Crippen MR) is 64.8 cm³/mol. The number of halogens is 1. The van der Waals surface area contributed by atoms with Crippen LogP contribution in [0, 0.1) is 6.92 Å². The Labute approximate surface area is 105 Å². The van der Waals surface area contributed by atoms with Crippen molar-refractivity contribution in [3.63, 3.8) is 0 Å². The summed E-state index contributed by atoms with van der Waals surface area (Å²) in [4.78, 5) is 22.2. The zero-order chi connectivity index (χ0) is 12.8. The Morgan fingerprint density at radius 3 is 2.82 bits per heavy atom. The fourth-order valence-corrected chi connectivity index (χ4v) is 1.49. The van der Waals surface area contributed by atoms with Gasteiger partial charge in [0, 0.05) is 19.2 Å². The van der Waals surface area contributed by atoms with Gasteiger partial charge in [-0.1, -0.05) is 0 Å². The van der Waals surface area contributed by atoms with Crippen LogP contribution in [0.5, 0.6) is 0 Å². The monoisotopic (exact) mass is 257 g/mol. The van der Waals surface area contributed by atoms with E-state index in [0.29, 0.717) is 13.0 Å². The van der Waals surface area contributed by atoms with Gasteiger partial charge in [0.2, 0.25) is 11.1 Å². The van der Waals surface area contributed by atoms with Crippen molar-refractivity contribution in [2.45, 2.75) is 32.7 Å². The highest BCUT2D eigenvalue weighted by atomic mass is 35.5. The predicted octanol–water partition coefficient (Wildman–Crippen LogP) is 1.41. The zero-order valence-corrected chi connectivity index (χ0v) is 10.7. The van der Waals surface area contributed by atoms with Crippen LogP contribution in [0.3, 0.4) is 0 Å². The largest absolute Gasteiger partial charge is 0.354 e. The molecule has 0 aliphatic rings. The molecule has 17 heavy (non-hydrogen) atoms. The van der Waals surface area contributed by atoms with Gasteiger partial charge in [-0.15, -0.1) is 0 Å². The lowest BCUT2D eigenvalue weighted by Crippen LogP contribution is -2.32. The second-order valence-electron chi connectivity index (χ2n) is 3.92. The number of aromatic nitrogens is 2. The molecule has 1 N–H and O–H groups in total. The first-order chi connectivity index (χ1) is 8.00. The second kappa shape index (κ2) is 6.39. The van der Waals surface area contributed by atoms with E-state index in [4.69, 9.17) is 11.6 Å². The summed E-state index contributed by atoms with van der Waals surface area (Å²) in [5, 5.41) is 6.43. The molecule has 0 fully saturated rings. The fraction of sp³-hybridized carbons (Fsp3) is 0.545. The van der Waals surface area contributed by atoms with Gasteiger partial charge in [-0.2, -0.15) is 5.10 Å². The summed E-state index contributed by atoms with van der Waals surface area (Å²) in [7, 11) is 0. The Morgan fingerprint density at radius 2 is 2.29 bits per heavy atom. The molecule has 94 valence electrons. The fourth-order valence-electron chi connectivity index (χ4n) is 1.35. The van der Waals surface area contributed by atoms with E-state index in [0.717, 1.165) is 5.56 Å². The maximum Gasteiger partial charge on any atom is 0.244 e. The minimum absolute atomic E-state index is 0.116. The van der Waals surface area contributed by atoms with Gasteiger partial charge in [0.1, 0.15) is 6.04 Å². The smallest absolute Gasteiger partial charge is 0.244 e. The summed E-state index contributed by atoms with van der Waals surface area (Å²) in [6.45, 7) is 4.14. The van der Waals surface area contributed by atoms with Crippen LogP contribution in [0.25, 0.3) is 0 Å². The van der Waals surface area contributed by atoms with Crippen LogP contribution >= 0.6 is 11.6 Å². The van der Waals surface area contributed by atoms with Crippen molar-refractivity contribution >= 4 is 22.8 Å². The Kier molecular flexibility index (Phi) is 5.15. The number of carbonyl (C=O) groups excluding carboxylic acids is 2. The molecule has 0 saturated carbocycles. The first-order valence-electron chi connectivity index (χ1n) is 5.47. The summed E-state index contributed by atoms with van der Waals surface area (Å²) in [6, 6.07) is -0.351. The van der Waals surface area contributed by atoms with Gasteiger partial charge in [0.15, 0.2) is 0 Å². The Hall–Kier alpha value is -1.36. The molecule has 1 aromatic rings. The summed E-state index contributed by atoms with van der Waals surface area (Å²) >= 11 is 5.19. The maximum atomic E-state index is 11.7. The average Bonchev–Trinajstić information content (AvgIpc) is 2.69. The number of hydrogen-bond acceptors (Lipinski definition) is 3. The van der Waals surface area contributed by atoms with Crippen molar-refractivity contribution in [1.82, 2.24) is 15.1 Å². The van der Waals surface area contributed by atoms with Crippen LogP contribution in [0.15, 0.2) is 12.4 Å². The molecule has 0 radical (unpaired) electrons. The molecule has 1 unspecified atom stereocenters. The highest BCUT2D eigenvalue weighted by Gasteiger charge is 2.14. The van der Waals surface area contributed by atoms with E-state index >= 15 is 0 Å². The van der Waals surface area contributed by atoms with E-state index < -0.39 is 0 Å². The maximum absolute atomic E-state index is 11.7. The van der Waals surface area contributed by atoms with Crippen molar-refractivity contribution in [2.24, 2.45) is 0 Å². The van der Waals surface area contributed by atoms with E-state index in [1.54, 1.807) is 17.8 Å².